The summed E-state index contributed by atoms with van der Waals surface area (Å²) in [5.41, 5.74) is 8.82. The Morgan fingerprint density at radius 2 is 1.44 bits per heavy atom. The Kier molecular flexibility index (Phi) is 5.12. The number of benzene rings is 5. The van der Waals surface area contributed by atoms with Crippen LogP contribution in [0.2, 0.25) is 0 Å². The summed E-state index contributed by atoms with van der Waals surface area (Å²) >= 11 is 1.65. The van der Waals surface area contributed by atoms with Gasteiger partial charge in [-0.05, 0) is 62.4 Å². The molecule has 0 aliphatic heterocycles. The molecule has 7 rings (SSSR count). The Morgan fingerprint density at radius 1 is 0.694 bits per heavy atom. The van der Waals surface area contributed by atoms with Crippen LogP contribution < -0.4 is 10.1 Å². The van der Waals surface area contributed by atoms with E-state index >= 15 is 0 Å². The minimum atomic E-state index is -0.132. The molecule has 2 nitrogen and oxygen atoms in total. The quantitative estimate of drug-likeness (QED) is 0.242. The van der Waals surface area contributed by atoms with E-state index in [9.17, 15) is 5.11 Å². The SMILES string of the molecule is CC1(C)c2ccccc2-c2cc([O-])c(-c3[nH+]c4ccc(-c5cccc6ccccc56)cc4s3)cc21.[Be+2]. The Hall–Kier alpha value is -3.78. The summed E-state index contributed by atoms with van der Waals surface area (Å²) in [5.74, 6) is 0.0633. The van der Waals surface area contributed by atoms with E-state index in [2.05, 4.69) is 110 Å². The summed E-state index contributed by atoms with van der Waals surface area (Å²) in [4.78, 5) is 3.53. The topological polar surface area (TPSA) is 37.2 Å². The van der Waals surface area contributed by atoms with Crippen LogP contribution in [0, 0.1) is 0 Å². The zero-order chi connectivity index (χ0) is 23.7. The molecule has 1 heterocycles. The van der Waals surface area contributed by atoms with Gasteiger partial charge in [-0.25, -0.2) is 0 Å². The van der Waals surface area contributed by atoms with Crippen molar-refractivity contribution in [2.75, 3.05) is 0 Å². The Bertz CT molecular complexity index is 1790. The number of aromatic amines is 1. The van der Waals surface area contributed by atoms with Crippen molar-refractivity contribution in [2.24, 2.45) is 0 Å². The molecule has 1 aliphatic carbocycles. The van der Waals surface area contributed by atoms with E-state index in [-0.39, 0.29) is 21.3 Å². The first kappa shape index (κ1) is 22.7. The molecule has 168 valence electrons. The molecule has 0 amide bonds. The average Bonchev–Trinajstić information content (AvgIpc) is 3.39. The molecule has 0 fully saturated rings. The number of aromatic nitrogens is 1. The molecule has 1 aliphatic rings. The molecular weight excluding hydrogens is 455 g/mol. The van der Waals surface area contributed by atoms with Gasteiger partial charge < -0.3 is 5.11 Å². The molecular formula is C32H23BeNOS+2. The van der Waals surface area contributed by atoms with Crippen LogP contribution in [0.3, 0.4) is 0 Å². The molecule has 0 bridgehead atoms. The summed E-state index contributed by atoms with van der Waals surface area (Å²) < 4.78 is 1.15. The van der Waals surface area contributed by atoms with E-state index in [4.69, 9.17) is 0 Å². The number of thiazole rings is 1. The van der Waals surface area contributed by atoms with E-state index in [0.29, 0.717) is 0 Å². The first-order valence-corrected chi connectivity index (χ1v) is 12.7. The van der Waals surface area contributed by atoms with Gasteiger partial charge in [0.15, 0.2) is 0 Å². The third kappa shape index (κ3) is 3.24. The fourth-order valence-corrected chi connectivity index (χ4v) is 6.71. The van der Waals surface area contributed by atoms with Gasteiger partial charge in [0.2, 0.25) is 5.52 Å². The zero-order valence-corrected chi connectivity index (χ0v) is 21.1. The van der Waals surface area contributed by atoms with Crippen molar-refractivity contribution in [1.29, 1.82) is 0 Å². The van der Waals surface area contributed by atoms with Crippen LogP contribution >= 0.6 is 11.3 Å². The average molecular weight is 479 g/mol. The van der Waals surface area contributed by atoms with Crippen LogP contribution in [0.5, 0.6) is 5.75 Å². The van der Waals surface area contributed by atoms with Crippen LogP contribution in [0.1, 0.15) is 25.0 Å². The van der Waals surface area contributed by atoms with Crippen molar-refractivity contribution in [2.45, 2.75) is 19.3 Å². The standard InChI is InChI=1S/C32H23NOS.Be/c1-32(2)26-13-6-5-11-23(26)24-18-29(34)25(17-27(24)32)31-33-28-15-14-20(16-30(28)35-31)22-12-7-9-19-8-3-4-10-21(19)22;/h3-18,34H,1-2H3;/q;+2. The maximum Gasteiger partial charge on any atom is 2.00 e. The van der Waals surface area contributed by atoms with E-state index in [1.807, 2.05) is 6.07 Å². The van der Waals surface area contributed by atoms with Gasteiger partial charge in [-0.2, -0.15) is 4.98 Å². The molecule has 36 heavy (non-hydrogen) atoms. The van der Waals surface area contributed by atoms with Crippen LogP contribution in [-0.4, -0.2) is 10.1 Å². The van der Waals surface area contributed by atoms with Gasteiger partial charge >= 0.3 is 10.1 Å². The molecule has 5 aromatic carbocycles. The molecule has 6 aromatic rings. The zero-order valence-electron chi connectivity index (χ0n) is 20.3. The van der Waals surface area contributed by atoms with E-state index < -0.39 is 0 Å². The fourth-order valence-electron chi connectivity index (χ4n) is 5.64. The van der Waals surface area contributed by atoms with Crippen LogP contribution in [-0.2, 0) is 5.41 Å². The van der Waals surface area contributed by atoms with Crippen LogP contribution in [0.4, 0.5) is 0 Å². The maximum absolute atomic E-state index is 13.3. The van der Waals surface area contributed by atoms with E-state index in [0.717, 1.165) is 26.4 Å². The summed E-state index contributed by atoms with van der Waals surface area (Å²) in [5, 5.41) is 16.7. The van der Waals surface area contributed by atoms with Crippen LogP contribution in [0.25, 0.3) is 53.8 Å². The van der Waals surface area contributed by atoms with Crippen molar-refractivity contribution in [3.05, 3.63) is 108 Å². The van der Waals surface area contributed by atoms with Crippen LogP contribution in [0.15, 0.2) is 97.1 Å². The fraction of sp³-hybridized carbons (Fsp3) is 0.0938. The second kappa shape index (κ2) is 8.13. The molecule has 0 unspecified atom stereocenters. The molecule has 0 radical (unpaired) electrons. The molecule has 0 spiro atoms. The molecule has 1 N–H and O–H groups in total. The molecule has 1 aromatic heterocycles. The van der Waals surface area contributed by atoms with Crippen molar-refractivity contribution in [3.8, 4) is 38.6 Å². The maximum atomic E-state index is 13.3. The molecule has 4 heteroatoms. The minimum absolute atomic E-state index is 0. The normalized spacial score (nSPS) is 13.4. The van der Waals surface area contributed by atoms with Gasteiger partial charge in [-0.15, -0.1) is 0 Å². The van der Waals surface area contributed by atoms with Crippen molar-refractivity contribution < 1.29 is 10.1 Å². The second-order valence-corrected chi connectivity index (χ2v) is 10.9. The number of rotatable bonds is 2. The molecule has 0 atom stereocenters. The van der Waals surface area contributed by atoms with Crippen molar-refractivity contribution in [1.82, 2.24) is 0 Å². The Labute approximate surface area is 218 Å². The smallest absolute Gasteiger partial charge is 0.872 e. The Balaban J connectivity index is 0.00000240. The van der Waals surface area contributed by atoms with Gasteiger partial charge in [0, 0.05) is 11.5 Å². The first-order chi connectivity index (χ1) is 17.0. The van der Waals surface area contributed by atoms with Gasteiger partial charge in [0.1, 0.15) is 4.70 Å². The van der Waals surface area contributed by atoms with E-state index in [1.54, 1.807) is 11.3 Å². The number of hydrogen-bond acceptors (Lipinski definition) is 2. The number of hydrogen-bond donors (Lipinski definition) is 0. The number of H-pyrrole nitrogens is 1. The van der Waals surface area contributed by atoms with Gasteiger partial charge in [-0.3, -0.25) is 0 Å². The van der Waals surface area contributed by atoms with Gasteiger partial charge in [0.25, 0.3) is 5.01 Å². The predicted octanol–water partition coefficient (Wildman–Crippen LogP) is 7.20. The monoisotopic (exact) mass is 478 g/mol. The third-order valence-electron chi connectivity index (χ3n) is 7.47. The largest absolute Gasteiger partial charge is 2.00 e. The molecule has 0 saturated carbocycles. The summed E-state index contributed by atoms with van der Waals surface area (Å²) in [7, 11) is 0. The summed E-state index contributed by atoms with van der Waals surface area (Å²) in [6.07, 6.45) is 0. The third-order valence-corrected chi connectivity index (χ3v) is 8.55. The second-order valence-electron chi connectivity index (χ2n) is 9.86. The number of fused-ring (bicyclic) bond motifs is 5. The van der Waals surface area contributed by atoms with Gasteiger partial charge in [0.05, 0.1) is 5.56 Å². The van der Waals surface area contributed by atoms with Gasteiger partial charge in [-0.1, -0.05) is 104 Å². The predicted molar refractivity (Wildman–Crippen MR) is 150 cm³/mol. The Morgan fingerprint density at radius 3 is 2.33 bits per heavy atom. The van der Waals surface area contributed by atoms with Crippen molar-refractivity contribution in [3.63, 3.8) is 0 Å². The molecule has 0 saturated heterocycles. The number of nitrogens with one attached hydrogen (secondary N) is 1. The van der Waals surface area contributed by atoms with Crippen molar-refractivity contribution >= 4 is 42.4 Å². The minimum Gasteiger partial charge on any atom is -0.872 e. The van der Waals surface area contributed by atoms with E-state index in [1.165, 1.54) is 38.6 Å². The first-order valence-electron chi connectivity index (χ1n) is 11.9. The summed E-state index contributed by atoms with van der Waals surface area (Å²) in [6.45, 7) is 4.49. The summed E-state index contributed by atoms with van der Waals surface area (Å²) in [6, 6.07) is 33.8.